The molecule has 1 aliphatic rings. The fourth-order valence-corrected chi connectivity index (χ4v) is 3.20. The Kier molecular flexibility index (Phi) is 3.16. The van der Waals surface area contributed by atoms with Crippen LogP contribution in [0, 0.1) is 0 Å². The molecule has 0 aromatic carbocycles. The van der Waals surface area contributed by atoms with Crippen molar-refractivity contribution in [2.75, 3.05) is 0 Å². The monoisotopic (exact) mass is 268 g/mol. The van der Waals surface area contributed by atoms with Gasteiger partial charge in [0.05, 0.1) is 5.39 Å². The average Bonchev–Trinajstić information content (AvgIpc) is 2.78. The minimum Gasteiger partial charge on any atom is -0.474 e. The van der Waals surface area contributed by atoms with E-state index < -0.39 is 0 Å². The summed E-state index contributed by atoms with van der Waals surface area (Å²) in [6.45, 7) is 0. The molecule has 0 radical (unpaired) electrons. The van der Waals surface area contributed by atoms with Gasteiger partial charge in [-0.05, 0) is 48.7 Å². The van der Waals surface area contributed by atoms with E-state index in [-0.39, 0.29) is 11.4 Å². The van der Waals surface area contributed by atoms with Crippen molar-refractivity contribution >= 4 is 33.2 Å². The first-order valence-corrected chi connectivity index (χ1v) is 7.16. The summed E-state index contributed by atoms with van der Waals surface area (Å²) in [6, 6.07) is 1.99. The Morgan fingerprint density at radius 1 is 1.24 bits per heavy atom. The van der Waals surface area contributed by atoms with Crippen LogP contribution in [-0.4, -0.2) is 16.1 Å². The smallest absolute Gasteiger partial charge is 0.227 e. The van der Waals surface area contributed by atoms with Crippen molar-refractivity contribution in [3.05, 3.63) is 16.7 Å². The number of thiophene rings is 1. The third-order valence-electron chi connectivity index (χ3n) is 3.09. The summed E-state index contributed by atoms with van der Waals surface area (Å²) in [4.78, 5) is 9.29. The number of rotatable bonds is 2. The van der Waals surface area contributed by atoms with Crippen molar-refractivity contribution in [1.29, 1.82) is 0 Å². The summed E-state index contributed by atoms with van der Waals surface area (Å²) in [7, 11) is 0. The zero-order chi connectivity index (χ0) is 11.7. The minimum absolute atomic E-state index is 0.269. The van der Waals surface area contributed by atoms with Crippen LogP contribution < -0.4 is 4.74 Å². The third-order valence-corrected chi connectivity index (χ3v) is 4.07. The summed E-state index contributed by atoms with van der Waals surface area (Å²) >= 11 is 7.46. The van der Waals surface area contributed by atoms with E-state index in [0.29, 0.717) is 5.88 Å². The summed E-state index contributed by atoms with van der Waals surface area (Å²) in [5.74, 6) is 0.646. The molecule has 0 bridgehead atoms. The van der Waals surface area contributed by atoms with Gasteiger partial charge in [0.15, 0.2) is 0 Å². The molecule has 0 aliphatic heterocycles. The standard InChI is InChI=1S/C12H13ClN2OS/c13-12-14-10(9-6-7-17-11(9)15-12)16-8-4-2-1-3-5-8/h6-8H,1-5H2. The molecule has 0 spiro atoms. The normalized spacial score (nSPS) is 17.5. The maximum Gasteiger partial charge on any atom is 0.227 e. The molecule has 0 N–H and O–H groups in total. The largest absolute Gasteiger partial charge is 0.474 e. The van der Waals surface area contributed by atoms with Crippen LogP contribution in [0.25, 0.3) is 10.2 Å². The van der Waals surface area contributed by atoms with Crippen LogP contribution in [0.5, 0.6) is 5.88 Å². The van der Waals surface area contributed by atoms with E-state index in [9.17, 15) is 0 Å². The van der Waals surface area contributed by atoms with E-state index in [0.717, 1.165) is 23.1 Å². The number of hydrogen-bond acceptors (Lipinski definition) is 4. The van der Waals surface area contributed by atoms with E-state index in [1.54, 1.807) is 11.3 Å². The number of halogens is 1. The summed E-state index contributed by atoms with van der Waals surface area (Å²) in [5.41, 5.74) is 0. The molecule has 0 unspecified atom stereocenters. The van der Waals surface area contributed by atoms with Crippen molar-refractivity contribution in [3.8, 4) is 5.88 Å². The van der Waals surface area contributed by atoms with Crippen LogP contribution in [-0.2, 0) is 0 Å². The molecule has 90 valence electrons. The van der Waals surface area contributed by atoms with Gasteiger partial charge in [-0.2, -0.15) is 4.98 Å². The van der Waals surface area contributed by atoms with E-state index in [4.69, 9.17) is 16.3 Å². The Bertz CT molecular complexity index is 522. The van der Waals surface area contributed by atoms with Crippen LogP contribution in [0.2, 0.25) is 5.28 Å². The Balaban J connectivity index is 1.90. The zero-order valence-electron chi connectivity index (χ0n) is 9.36. The summed E-state index contributed by atoms with van der Waals surface area (Å²) in [5, 5.41) is 3.24. The van der Waals surface area contributed by atoms with Gasteiger partial charge in [0.2, 0.25) is 11.2 Å². The molecule has 3 rings (SSSR count). The second-order valence-corrected chi connectivity index (χ2v) is 5.55. The van der Waals surface area contributed by atoms with E-state index in [1.165, 1.54) is 19.3 Å². The van der Waals surface area contributed by atoms with Crippen molar-refractivity contribution in [2.24, 2.45) is 0 Å². The second-order valence-electron chi connectivity index (χ2n) is 4.32. The van der Waals surface area contributed by atoms with Gasteiger partial charge < -0.3 is 4.74 Å². The Morgan fingerprint density at radius 3 is 2.88 bits per heavy atom. The van der Waals surface area contributed by atoms with Crippen molar-refractivity contribution in [1.82, 2.24) is 9.97 Å². The van der Waals surface area contributed by atoms with Crippen LogP contribution in [0.1, 0.15) is 32.1 Å². The lowest BCUT2D eigenvalue weighted by atomic mass is 9.98. The van der Waals surface area contributed by atoms with Crippen LogP contribution in [0.15, 0.2) is 11.4 Å². The van der Waals surface area contributed by atoms with Gasteiger partial charge >= 0.3 is 0 Å². The Hall–Kier alpha value is -0.870. The first-order valence-electron chi connectivity index (χ1n) is 5.90. The maximum absolute atomic E-state index is 5.98. The molecule has 1 fully saturated rings. The Morgan fingerprint density at radius 2 is 2.06 bits per heavy atom. The molecule has 2 aromatic rings. The molecule has 1 saturated carbocycles. The number of ether oxygens (including phenoxy) is 1. The SMILES string of the molecule is Clc1nc(OC2CCCCC2)c2ccsc2n1. The molecule has 0 saturated heterocycles. The fourth-order valence-electron chi connectivity index (χ4n) is 2.23. The van der Waals surface area contributed by atoms with Crippen molar-refractivity contribution < 1.29 is 4.74 Å². The summed E-state index contributed by atoms with van der Waals surface area (Å²) < 4.78 is 5.98. The van der Waals surface area contributed by atoms with E-state index >= 15 is 0 Å². The van der Waals surface area contributed by atoms with Gasteiger partial charge in [-0.15, -0.1) is 11.3 Å². The molecule has 17 heavy (non-hydrogen) atoms. The lowest BCUT2D eigenvalue weighted by Gasteiger charge is -2.22. The molecule has 0 atom stereocenters. The van der Waals surface area contributed by atoms with Crippen molar-refractivity contribution in [3.63, 3.8) is 0 Å². The number of aromatic nitrogens is 2. The highest BCUT2D eigenvalue weighted by Crippen LogP contribution is 2.30. The lowest BCUT2D eigenvalue weighted by molar-refractivity contribution is 0.151. The first kappa shape index (κ1) is 11.2. The quantitative estimate of drug-likeness (QED) is 0.771. The molecule has 2 heterocycles. The van der Waals surface area contributed by atoms with Gasteiger partial charge in [-0.3, -0.25) is 0 Å². The van der Waals surface area contributed by atoms with E-state index in [1.807, 2.05) is 11.4 Å². The number of hydrogen-bond donors (Lipinski definition) is 0. The fraction of sp³-hybridized carbons (Fsp3) is 0.500. The Labute approximate surface area is 109 Å². The number of fused-ring (bicyclic) bond motifs is 1. The molecule has 3 nitrogen and oxygen atoms in total. The third kappa shape index (κ3) is 2.38. The van der Waals surface area contributed by atoms with Gasteiger partial charge in [0, 0.05) is 0 Å². The predicted molar refractivity (Wildman–Crippen MR) is 69.9 cm³/mol. The topological polar surface area (TPSA) is 35.0 Å². The maximum atomic E-state index is 5.98. The molecular weight excluding hydrogens is 256 g/mol. The van der Waals surface area contributed by atoms with Gasteiger partial charge in [-0.25, -0.2) is 4.98 Å². The number of nitrogens with zero attached hydrogens (tertiary/aromatic N) is 2. The highest BCUT2D eigenvalue weighted by Gasteiger charge is 2.18. The zero-order valence-corrected chi connectivity index (χ0v) is 10.9. The first-order chi connectivity index (χ1) is 8.33. The predicted octanol–water partition coefficient (Wildman–Crippen LogP) is 4.06. The van der Waals surface area contributed by atoms with Gasteiger partial charge in [0.25, 0.3) is 0 Å². The highest BCUT2D eigenvalue weighted by atomic mass is 35.5. The van der Waals surface area contributed by atoms with Crippen LogP contribution >= 0.6 is 22.9 Å². The minimum atomic E-state index is 0.269. The average molecular weight is 269 g/mol. The van der Waals surface area contributed by atoms with Gasteiger partial charge in [-0.1, -0.05) is 6.42 Å². The second kappa shape index (κ2) is 4.78. The van der Waals surface area contributed by atoms with E-state index in [2.05, 4.69) is 9.97 Å². The van der Waals surface area contributed by atoms with Crippen molar-refractivity contribution in [2.45, 2.75) is 38.2 Å². The lowest BCUT2D eigenvalue weighted by Crippen LogP contribution is -2.20. The molecule has 1 aliphatic carbocycles. The van der Waals surface area contributed by atoms with Crippen LogP contribution in [0.4, 0.5) is 0 Å². The summed E-state index contributed by atoms with van der Waals surface area (Å²) in [6.07, 6.45) is 6.34. The molecule has 2 aromatic heterocycles. The molecule has 0 amide bonds. The van der Waals surface area contributed by atoms with Crippen LogP contribution in [0.3, 0.4) is 0 Å². The highest BCUT2D eigenvalue weighted by molar-refractivity contribution is 7.16. The molecular formula is C12H13ClN2OS. The van der Waals surface area contributed by atoms with Gasteiger partial charge in [0.1, 0.15) is 10.9 Å². The molecule has 5 heteroatoms.